The van der Waals surface area contributed by atoms with Crippen LogP contribution in [0.15, 0.2) is 6.20 Å². The third-order valence-electron chi connectivity index (χ3n) is 2.67. The number of rotatable bonds is 2. The van der Waals surface area contributed by atoms with Gasteiger partial charge in [0, 0.05) is 13.1 Å². The quantitative estimate of drug-likeness (QED) is 0.893. The Labute approximate surface area is 110 Å². The molecule has 0 saturated carbocycles. The zero-order valence-corrected chi connectivity index (χ0v) is 11.9. The van der Waals surface area contributed by atoms with Crippen molar-refractivity contribution in [2.24, 2.45) is 0 Å². The van der Waals surface area contributed by atoms with E-state index >= 15 is 0 Å². The Balaban J connectivity index is 2.24. The first-order chi connectivity index (χ1) is 8.19. The molecule has 100 valence electrons. The summed E-state index contributed by atoms with van der Waals surface area (Å²) in [5.41, 5.74) is -0.534. The molecule has 0 aliphatic carbocycles. The number of hydrogen-bond acceptors (Lipinski definition) is 5. The molecule has 0 atom stereocenters. The molecule has 18 heavy (non-hydrogen) atoms. The average molecular weight is 270 g/mol. The Kier molecular flexibility index (Phi) is 3.11. The van der Waals surface area contributed by atoms with Crippen LogP contribution in [-0.4, -0.2) is 40.4 Å². The summed E-state index contributed by atoms with van der Waals surface area (Å²) in [5, 5.41) is 9.68. The summed E-state index contributed by atoms with van der Waals surface area (Å²) in [6.07, 6.45) is 1.41. The molecule has 1 aliphatic rings. The highest BCUT2D eigenvalue weighted by Gasteiger charge is 2.39. The van der Waals surface area contributed by atoms with E-state index < -0.39 is 5.97 Å². The molecule has 2 rings (SSSR count). The molecule has 0 aromatic carbocycles. The second kappa shape index (κ2) is 4.20. The molecular weight excluding hydrogens is 252 g/mol. The first-order valence-corrected chi connectivity index (χ1v) is 6.64. The molecular formula is C12H18N2O3S. The van der Waals surface area contributed by atoms with Crippen LogP contribution >= 0.6 is 11.3 Å². The van der Waals surface area contributed by atoms with Crippen LogP contribution in [0.2, 0.25) is 0 Å². The molecule has 1 fully saturated rings. The van der Waals surface area contributed by atoms with E-state index in [9.17, 15) is 4.79 Å². The number of thiazole rings is 1. The van der Waals surface area contributed by atoms with Crippen LogP contribution in [0, 0.1) is 0 Å². The smallest absolute Gasteiger partial charge is 0.347 e. The van der Waals surface area contributed by atoms with Crippen LogP contribution in [-0.2, 0) is 4.74 Å². The van der Waals surface area contributed by atoms with Crippen molar-refractivity contribution in [2.75, 3.05) is 18.0 Å². The van der Waals surface area contributed by atoms with Crippen LogP contribution in [0.25, 0.3) is 0 Å². The number of morpholine rings is 1. The van der Waals surface area contributed by atoms with Gasteiger partial charge in [0.05, 0.1) is 17.4 Å². The lowest BCUT2D eigenvalue weighted by Crippen LogP contribution is -2.57. The van der Waals surface area contributed by atoms with Crippen LogP contribution in [0.3, 0.4) is 0 Å². The fraction of sp³-hybridized carbons (Fsp3) is 0.667. The topological polar surface area (TPSA) is 62.7 Å². The zero-order valence-electron chi connectivity index (χ0n) is 11.1. The SMILES string of the molecule is CC1(C)CN(c2ncc(C(=O)O)s2)CC(C)(C)O1. The van der Waals surface area contributed by atoms with Crippen molar-refractivity contribution >= 4 is 22.4 Å². The largest absolute Gasteiger partial charge is 0.477 e. The Morgan fingerprint density at radius 2 is 1.94 bits per heavy atom. The Morgan fingerprint density at radius 1 is 1.39 bits per heavy atom. The van der Waals surface area contributed by atoms with Crippen LogP contribution < -0.4 is 4.90 Å². The summed E-state index contributed by atoms with van der Waals surface area (Å²) < 4.78 is 5.99. The highest BCUT2D eigenvalue weighted by atomic mass is 32.1. The van der Waals surface area contributed by atoms with Gasteiger partial charge in [-0.3, -0.25) is 0 Å². The maximum atomic E-state index is 10.9. The van der Waals surface area contributed by atoms with Crippen LogP contribution in [0.5, 0.6) is 0 Å². The number of anilines is 1. The first kappa shape index (κ1) is 13.3. The van der Waals surface area contributed by atoms with Crippen LogP contribution in [0.1, 0.15) is 37.4 Å². The summed E-state index contributed by atoms with van der Waals surface area (Å²) in [5.74, 6) is -0.925. The van der Waals surface area contributed by atoms with Gasteiger partial charge in [-0.15, -0.1) is 0 Å². The van der Waals surface area contributed by atoms with Gasteiger partial charge < -0.3 is 14.7 Å². The number of nitrogens with zero attached hydrogens (tertiary/aromatic N) is 2. The molecule has 6 heteroatoms. The van der Waals surface area contributed by atoms with Crippen molar-refractivity contribution in [2.45, 2.75) is 38.9 Å². The molecule has 1 N–H and O–H groups in total. The maximum absolute atomic E-state index is 10.9. The van der Waals surface area contributed by atoms with E-state index in [4.69, 9.17) is 9.84 Å². The minimum atomic E-state index is -0.925. The highest BCUT2D eigenvalue weighted by Crippen LogP contribution is 2.33. The summed E-state index contributed by atoms with van der Waals surface area (Å²) in [4.78, 5) is 17.4. The van der Waals surface area contributed by atoms with Gasteiger partial charge in [0.2, 0.25) is 0 Å². The number of aromatic carboxylic acids is 1. The second-order valence-electron chi connectivity index (χ2n) is 5.79. The van der Waals surface area contributed by atoms with Gasteiger partial charge in [-0.1, -0.05) is 11.3 Å². The van der Waals surface area contributed by atoms with Gasteiger partial charge in [-0.25, -0.2) is 9.78 Å². The van der Waals surface area contributed by atoms with E-state index in [-0.39, 0.29) is 16.1 Å². The zero-order chi connectivity index (χ0) is 13.6. The summed E-state index contributed by atoms with van der Waals surface area (Å²) in [6, 6.07) is 0. The standard InChI is InChI=1S/C12H18N2O3S/c1-11(2)6-14(7-12(3,4)17-11)10-13-5-8(18-10)9(15)16/h5H,6-7H2,1-4H3,(H,15,16). The molecule has 0 spiro atoms. The number of carboxylic acids is 1. The lowest BCUT2D eigenvalue weighted by Gasteiger charge is -2.47. The van der Waals surface area contributed by atoms with Gasteiger partial charge in [-0.2, -0.15) is 0 Å². The summed E-state index contributed by atoms with van der Waals surface area (Å²) >= 11 is 1.21. The number of hydrogen-bond donors (Lipinski definition) is 1. The van der Waals surface area contributed by atoms with E-state index in [2.05, 4.69) is 9.88 Å². The molecule has 2 heterocycles. The minimum Gasteiger partial charge on any atom is -0.477 e. The van der Waals surface area contributed by atoms with E-state index in [1.54, 1.807) is 0 Å². The number of carboxylic acid groups (broad SMARTS) is 1. The molecule has 0 amide bonds. The van der Waals surface area contributed by atoms with Crippen molar-refractivity contribution in [3.8, 4) is 0 Å². The van der Waals surface area contributed by atoms with Crippen molar-refractivity contribution < 1.29 is 14.6 Å². The number of ether oxygens (including phenoxy) is 1. The molecule has 1 aromatic rings. The monoisotopic (exact) mass is 270 g/mol. The van der Waals surface area contributed by atoms with Gasteiger partial charge in [-0.05, 0) is 27.7 Å². The van der Waals surface area contributed by atoms with E-state index in [1.807, 2.05) is 27.7 Å². The molecule has 0 bridgehead atoms. The maximum Gasteiger partial charge on any atom is 0.347 e. The van der Waals surface area contributed by atoms with Crippen molar-refractivity contribution in [1.82, 2.24) is 4.98 Å². The van der Waals surface area contributed by atoms with E-state index in [0.717, 1.165) is 5.13 Å². The predicted molar refractivity (Wildman–Crippen MR) is 70.5 cm³/mol. The Bertz CT molecular complexity index is 452. The van der Waals surface area contributed by atoms with Gasteiger partial charge in [0.1, 0.15) is 4.88 Å². The predicted octanol–water partition coefficient (Wildman–Crippen LogP) is 2.24. The van der Waals surface area contributed by atoms with E-state index in [1.165, 1.54) is 17.5 Å². The van der Waals surface area contributed by atoms with Gasteiger partial charge in [0.15, 0.2) is 5.13 Å². The van der Waals surface area contributed by atoms with Crippen molar-refractivity contribution in [1.29, 1.82) is 0 Å². The molecule has 1 aromatic heterocycles. The second-order valence-corrected chi connectivity index (χ2v) is 6.80. The number of carbonyl (C=O) groups is 1. The summed E-state index contributed by atoms with van der Waals surface area (Å²) in [7, 11) is 0. The fourth-order valence-corrected chi connectivity index (χ4v) is 3.19. The highest BCUT2D eigenvalue weighted by molar-refractivity contribution is 7.17. The summed E-state index contributed by atoms with van der Waals surface area (Å²) in [6.45, 7) is 9.56. The third kappa shape index (κ3) is 2.81. The molecule has 0 radical (unpaired) electrons. The Morgan fingerprint density at radius 3 is 2.39 bits per heavy atom. The van der Waals surface area contributed by atoms with Gasteiger partial charge in [0.25, 0.3) is 0 Å². The molecule has 5 nitrogen and oxygen atoms in total. The lowest BCUT2D eigenvalue weighted by molar-refractivity contribution is -0.133. The number of aromatic nitrogens is 1. The Hall–Kier alpha value is -1.14. The van der Waals surface area contributed by atoms with Gasteiger partial charge >= 0.3 is 5.97 Å². The fourth-order valence-electron chi connectivity index (χ4n) is 2.43. The molecule has 1 saturated heterocycles. The minimum absolute atomic E-state index is 0.267. The van der Waals surface area contributed by atoms with Crippen LogP contribution in [0.4, 0.5) is 5.13 Å². The third-order valence-corrected chi connectivity index (χ3v) is 3.72. The molecule has 1 aliphatic heterocycles. The molecule has 0 unspecified atom stereocenters. The lowest BCUT2D eigenvalue weighted by atomic mass is 9.99. The first-order valence-electron chi connectivity index (χ1n) is 5.83. The van der Waals surface area contributed by atoms with Crippen molar-refractivity contribution in [3.63, 3.8) is 0 Å². The average Bonchev–Trinajstić information content (AvgIpc) is 2.60. The van der Waals surface area contributed by atoms with Crippen molar-refractivity contribution in [3.05, 3.63) is 11.1 Å². The van der Waals surface area contributed by atoms with E-state index in [0.29, 0.717) is 13.1 Å². The normalized spacial score (nSPS) is 21.9.